The Labute approximate surface area is 193 Å². The third-order valence-corrected chi connectivity index (χ3v) is 0. The van der Waals surface area contributed by atoms with E-state index in [9.17, 15) is 0 Å². The fraction of sp³-hybridized carbons (Fsp3) is 0. The molecule has 8 heavy (non-hydrogen) atoms. The van der Waals surface area contributed by atoms with Crippen molar-refractivity contribution < 1.29 is 193 Å². The van der Waals surface area contributed by atoms with Crippen LogP contribution < -0.4 is 113 Å². The van der Waals surface area contributed by atoms with E-state index >= 15 is 0 Å². The van der Waals surface area contributed by atoms with Crippen LogP contribution in [-0.4, -0.2) is 6.16 Å². The van der Waals surface area contributed by atoms with E-state index in [0.29, 0.717) is 0 Å². The summed E-state index contributed by atoms with van der Waals surface area (Å²) < 4.78 is 0. The van der Waals surface area contributed by atoms with E-state index < -0.39 is 6.16 Å². The largest absolute Gasteiger partial charge is 1.00 e. The SMILES string of the molecule is O=C([O-])[O-].[Ar].[Ar].[K+].[K+]. The van der Waals surface area contributed by atoms with Crippen molar-refractivity contribution in [2.24, 2.45) is 0 Å². The van der Waals surface area contributed by atoms with Crippen LogP contribution >= 0.6 is 0 Å². The number of carbonyl (C=O) groups is 1. The molecule has 0 bridgehead atoms. The van der Waals surface area contributed by atoms with Gasteiger partial charge in [0, 0.05) is 75.5 Å². The second kappa shape index (κ2) is 22.7. The number of carbonyl (C=O) groups excluding carboxylic acids is 1. The van der Waals surface area contributed by atoms with E-state index in [-0.39, 0.29) is 178 Å². The molecule has 0 amide bonds. The minimum atomic E-state index is -2.33. The van der Waals surface area contributed by atoms with E-state index in [1.165, 1.54) is 0 Å². The van der Waals surface area contributed by atoms with E-state index in [4.69, 9.17) is 15.0 Å². The minimum absolute atomic E-state index is 0. The van der Waals surface area contributed by atoms with Crippen molar-refractivity contribution in [3.05, 3.63) is 0 Å². The Hall–Kier alpha value is 5.06. The second-order valence-corrected chi connectivity index (χ2v) is 0.250. The van der Waals surface area contributed by atoms with Crippen LogP contribution in [0.5, 0.6) is 0 Å². The molecule has 7 heteroatoms. The van der Waals surface area contributed by atoms with Crippen molar-refractivity contribution in [3.8, 4) is 0 Å². The Morgan fingerprint density at radius 2 is 1.00 bits per heavy atom. The van der Waals surface area contributed by atoms with Gasteiger partial charge in [-0.25, -0.2) is 0 Å². The molecule has 0 rings (SSSR count). The Morgan fingerprint density at radius 1 is 1.00 bits per heavy atom. The van der Waals surface area contributed by atoms with E-state index in [2.05, 4.69) is 0 Å². The van der Waals surface area contributed by atoms with Gasteiger partial charge in [-0.2, -0.15) is 0 Å². The molecule has 0 aliphatic heterocycles. The number of hydrogen-bond donors (Lipinski definition) is 0. The predicted molar refractivity (Wildman–Crippen MR) is 5.40 cm³/mol. The summed E-state index contributed by atoms with van der Waals surface area (Å²) in [4.78, 5) is 8.33. The summed E-state index contributed by atoms with van der Waals surface area (Å²) >= 11 is 0. The standard InChI is InChI=1S/CH2O3.2Ar.2K/c2-1(3)4;;;;/h(H2,2,3,4);;;;/q;;;2*+1/p-2. The molecule has 0 heterocycles. The first-order valence-electron chi connectivity index (χ1n) is 0.612. The van der Waals surface area contributed by atoms with E-state index in [0.717, 1.165) is 0 Å². The summed E-state index contributed by atoms with van der Waals surface area (Å²) in [5.74, 6) is 0. The van der Waals surface area contributed by atoms with Gasteiger partial charge in [-0.1, -0.05) is 0 Å². The summed E-state index contributed by atoms with van der Waals surface area (Å²) in [6.45, 7) is 0. The first kappa shape index (κ1) is 29.2. The summed E-state index contributed by atoms with van der Waals surface area (Å²) in [5, 5.41) is 16.7. The third kappa shape index (κ3) is 43.7. The zero-order valence-electron chi connectivity index (χ0n) is 4.43. The average molecular weight is 218 g/mol. The number of hydrogen-bond acceptors (Lipinski definition) is 3. The topological polar surface area (TPSA) is 63.2 Å². The Morgan fingerprint density at radius 3 is 1.00 bits per heavy atom. The Balaban J connectivity index is -0.00000000750. The van der Waals surface area contributed by atoms with Crippen LogP contribution in [0.15, 0.2) is 0 Å². The van der Waals surface area contributed by atoms with Gasteiger partial charge in [0.05, 0.1) is 0 Å². The van der Waals surface area contributed by atoms with Gasteiger partial charge in [0.15, 0.2) is 0 Å². The smallest absolute Gasteiger partial charge is 0.652 e. The zero-order chi connectivity index (χ0) is 3.58. The predicted octanol–water partition coefficient (Wildman–Crippen LogP) is -8.44. The van der Waals surface area contributed by atoms with E-state index in [1.807, 2.05) is 0 Å². The first-order chi connectivity index (χ1) is 1.73. The molecule has 0 unspecified atom stereocenters. The number of carboxylic acid groups (broad SMARTS) is 2. The molecule has 0 aromatic rings. The molecule has 0 saturated carbocycles. The molecule has 0 saturated heterocycles. The Bertz CT molecular complexity index is 38.3. The molecule has 0 radical (unpaired) electrons. The van der Waals surface area contributed by atoms with Gasteiger partial charge in [-0.15, -0.1) is 0 Å². The second-order valence-electron chi connectivity index (χ2n) is 0.250. The van der Waals surface area contributed by atoms with Gasteiger partial charge < -0.3 is 15.0 Å². The molecular weight excluding hydrogens is 218 g/mol. The van der Waals surface area contributed by atoms with Crippen molar-refractivity contribution in [2.75, 3.05) is 0 Å². The summed E-state index contributed by atoms with van der Waals surface area (Å²) in [6, 6.07) is 0. The molecule has 0 aliphatic carbocycles. The van der Waals surface area contributed by atoms with Crippen molar-refractivity contribution in [1.82, 2.24) is 0 Å². The molecular formula is CAr2K2O3. The van der Waals surface area contributed by atoms with Gasteiger partial charge in [-0.05, 0) is 6.16 Å². The molecule has 0 N–H and O–H groups in total. The van der Waals surface area contributed by atoms with Crippen LogP contribution in [0.1, 0.15) is 0 Å². The van der Waals surface area contributed by atoms with Crippen LogP contribution in [0, 0.1) is 75.5 Å². The van der Waals surface area contributed by atoms with Gasteiger partial charge >= 0.3 is 103 Å². The quantitative estimate of drug-likeness (QED) is 0.379. The van der Waals surface area contributed by atoms with Gasteiger partial charge in [0.2, 0.25) is 0 Å². The van der Waals surface area contributed by atoms with Gasteiger partial charge in [0.25, 0.3) is 0 Å². The number of rotatable bonds is 0. The maximum absolute atomic E-state index is 8.33. The normalized spacial score (nSPS) is 3.00. The first-order valence-corrected chi connectivity index (χ1v) is 0.612. The summed E-state index contributed by atoms with van der Waals surface area (Å²) in [6.07, 6.45) is -2.33. The fourth-order valence-electron chi connectivity index (χ4n) is 0. The van der Waals surface area contributed by atoms with Gasteiger partial charge in [0.1, 0.15) is 0 Å². The molecule has 0 aromatic heterocycles. The molecule has 0 aromatic carbocycles. The molecule has 0 aliphatic rings. The maximum Gasteiger partial charge on any atom is 1.00 e. The fourth-order valence-corrected chi connectivity index (χ4v) is 0. The maximum atomic E-state index is 8.33. The molecule has 0 atom stereocenters. The van der Waals surface area contributed by atoms with Crippen LogP contribution in [0.4, 0.5) is 4.79 Å². The van der Waals surface area contributed by atoms with Crippen LogP contribution in [-0.2, 0) is 0 Å². The molecule has 40 valence electrons. The summed E-state index contributed by atoms with van der Waals surface area (Å²) in [7, 11) is 0. The van der Waals surface area contributed by atoms with Crippen LogP contribution in [0.25, 0.3) is 0 Å². The average Bonchev–Trinajstić information content (AvgIpc) is 0.811. The van der Waals surface area contributed by atoms with Crippen molar-refractivity contribution in [2.45, 2.75) is 0 Å². The molecule has 3 nitrogen and oxygen atoms in total. The van der Waals surface area contributed by atoms with Crippen LogP contribution in [0.3, 0.4) is 0 Å². The molecule has 0 fully saturated rings. The zero-order valence-corrected chi connectivity index (χ0v) is 12.1. The monoisotopic (exact) mass is 218 g/mol. The van der Waals surface area contributed by atoms with Crippen LogP contribution in [0.2, 0.25) is 0 Å². The minimum Gasteiger partial charge on any atom is -0.652 e. The van der Waals surface area contributed by atoms with Crippen molar-refractivity contribution in [1.29, 1.82) is 0 Å². The van der Waals surface area contributed by atoms with Gasteiger partial charge in [-0.3, -0.25) is 0 Å². The third-order valence-electron chi connectivity index (χ3n) is 0. The van der Waals surface area contributed by atoms with Crippen molar-refractivity contribution >= 4 is 6.16 Å². The Kier molecular flexibility index (Phi) is 83.0. The van der Waals surface area contributed by atoms with Crippen molar-refractivity contribution in [3.63, 3.8) is 0 Å². The molecule has 0 spiro atoms. The van der Waals surface area contributed by atoms with E-state index in [1.54, 1.807) is 0 Å². The summed E-state index contributed by atoms with van der Waals surface area (Å²) in [5.41, 5.74) is 0.